The summed E-state index contributed by atoms with van der Waals surface area (Å²) in [4.78, 5) is 1.46. The summed E-state index contributed by atoms with van der Waals surface area (Å²) in [5.41, 5.74) is 0. The van der Waals surface area contributed by atoms with E-state index in [9.17, 15) is 0 Å². The van der Waals surface area contributed by atoms with E-state index in [1.165, 1.54) is 20.2 Å². The van der Waals surface area contributed by atoms with E-state index in [-0.39, 0.29) is 0 Å². The minimum Gasteiger partial charge on any atom is -0.308 e. The molecule has 0 spiro atoms. The van der Waals surface area contributed by atoms with Crippen LogP contribution in [-0.4, -0.2) is 18.1 Å². The molecule has 0 bridgehead atoms. The zero-order valence-corrected chi connectivity index (χ0v) is 11.3. The number of hydrogen-bond donors (Lipinski definition) is 1. The van der Waals surface area contributed by atoms with Crippen LogP contribution in [0.3, 0.4) is 0 Å². The van der Waals surface area contributed by atoms with Gasteiger partial charge in [-0.05, 0) is 46.3 Å². The average molecular weight is 292 g/mol. The molecule has 4 heteroatoms. The van der Waals surface area contributed by atoms with Gasteiger partial charge in [0.15, 0.2) is 0 Å². The predicted molar refractivity (Wildman–Crippen MR) is 69.3 cm³/mol. The van der Waals surface area contributed by atoms with Crippen molar-refractivity contribution in [3.8, 4) is 0 Å². The summed E-state index contributed by atoms with van der Waals surface area (Å²) in [6.45, 7) is 3.46. The highest BCUT2D eigenvalue weighted by Gasteiger charge is 2.18. The first-order chi connectivity index (χ1) is 6.75. The van der Waals surface area contributed by atoms with Crippen LogP contribution in [0.2, 0.25) is 0 Å². The van der Waals surface area contributed by atoms with E-state index in [0.29, 0.717) is 6.04 Å². The lowest BCUT2D eigenvalue weighted by atomic mass is 10.2. The molecule has 1 aromatic heterocycles. The molecule has 0 amide bonds. The molecule has 1 saturated heterocycles. The lowest BCUT2D eigenvalue weighted by molar-refractivity contribution is 0.522. The fourth-order valence-electron chi connectivity index (χ4n) is 1.55. The summed E-state index contributed by atoms with van der Waals surface area (Å²) in [5, 5.41) is 3.63. The van der Waals surface area contributed by atoms with Crippen LogP contribution in [0.5, 0.6) is 0 Å². The SMILES string of the molecule is CC1CNC(c2ccc(Br)s2)CSC1. The van der Waals surface area contributed by atoms with Crippen molar-refractivity contribution >= 4 is 39.0 Å². The molecule has 1 N–H and O–H groups in total. The van der Waals surface area contributed by atoms with Gasteiger partial charge in [-0.25, -0.2) is 0 Å². The smallest absolute Gasteiger partial charge is 0.0701 e. The van der Waals surface area contributed by atoms with Crippen LogP contribution in [-0.2, 0) is 0 Å². The van der Waals surface area contributed by atoms with Gasteiger partial charge in [-0.1, -0.05) is 6.92 Å². The third-order valence-corrected chi connectivity index (χ3v) is 5.45. The Bertz CT molecular complexity index is 300. The van der Waals surface area contributed by atoms with Crippen molar-refractivity contribution in [2.45, 2.75) is 13.0 Å². The molecule has 0 radical (unpaired) electrons. The van der Waals surface area contributed by atoms with Gasteiger partial charge in [0, 0.05) is 10.6 Å². The van der Waals surface area contributed by atoms with Crippen LogP contribution in [0.25, 0.3) is 0 Å². The second-order valence-corrected chi connectivity index (χ2v) is 7.31. The Morgan fingerprint density at radius 3 is 3.00 bits per heavy atom. The molecule has 1 aliphatic rings. The summed E-state index contributed by atoms with van der Waals surface area (Å²) in [6.07, 6.45) is 0. The van der Waals surface area contributed by atoms with Crippen molar-refractivity contribution < 1.29 is 0 Å². The van der Waals surface area contributed by atoms with Gasteiger partial charge in [-0.3, -0.25) is 0 Å². The maximum atomic E-state index is 3.63. The average Bonchev–Trinajstić information content (AvgIpc) is 2.46. The molecular formula is C10H14BrNS2. The molecule has 2 unspecified atom stereocenters. The fraction of sp³-hybridized carbons (Fsp3) is 0.600. The molecule has 2 rings (SSSR count). The van der Waals surface area contributed by atoms with Crippen molar-refractivity contribution in [1.82, 2.24) is 5.32 Å². The lowest BCUT2D eigenvalue weighted by Gasteiger charge is -2.13. The van der Waals surface area contributed by atoms with Crippen molar-refractivity contribution in [2.24, 2.45) is 5.92 Å². The Morgan fingerprint density at radius 2 is 2.29 bits per heavy atom. The predicted octanol–water partition coefficient (Wildman–Crippen LogP) is 3.52. The second-order valence-electron chi connectivity index (χ2n) is 3.75. The van der Waals surface area contributed by atoms with Gasteiger partial charge in [0.25, 0.3) is 0 Å². The fourth-order valence-corrected chi connectivity index (χ4v) is 4.34. The van der Waals surface area contributed by atoms with Gasteiger partial charge in [0.05, 0.1) is 9.83 Å². The lowest BCUT2D eigenvalue weighted by Crippen LogP contribution is -2.24. The summed E-state index contributed by atoms with van der Waals surface area (Å²) >= 11 is 7.42. The van der Waals surface area contributed by atoms with Gasteiger partial charge in [-0.15, -0.1) is 11.3 Å². The third-order valence-electron chi connectivity index (χ3n) is 2.34. The number of rotatable bonds is 1. The Balaban J connectivity index is 2.04. The van der Waals surface area contributed by atoms with Crippen LogP contribution in [0, 0.1) is 5.92 Å². The van der Waals surface area contributed by atoms with E-state index in [0.717, 1.165) is 12.5 Å². The van der Waals surface area contributed by atoms with Gasteiger partial charge in [-0.2, -0.15) is 11.8 Å². The first kappa shape index (κ1) is 11.0. The van der Waals surface area contributed by atoms with Crippen molar-refractivity contribution in [3.63, 3.8) is 0 Å². The molecular weight excluding hydrogens is 278 g/mol. The van der Waals surface area contributed by atoms with Crippen LogP contribution in [0.15, 0.2) is 15.9 Å². The molecule has 14 heavy (non-hydrogen) atoms. The molecule has 0 saturated carbocycles. The highest BCUT2D eigenvalue weighted by molar-refractivity contribution is 9.11. The van der Waals surface area contributed by atoms with Gasteiger partial charge < -0.3 is 5.32 Å². The maximum absolute atomic E-state index is 3.63. The first-order valence-electron chi connectivity index (χ1n) is 4.82. The molecule has 78 valence electrons. The molecule has 2 heterocycles. The summed E-state index contributed by atoms with van der Waals surface area (Å²) in [5.74, 6) is 3.29. The van der Waals surface area contributed by atoms with E-state index in [1.807, 2.05) is 11.3 Å². The second kappa shape index (κ2) is 5.01. The molecule has 1 nitrogen and oxygen atoms in total. The number of thioether (sulfide) groups is 1. The highest BCUT2D eigenvalue weighted by atomic mass is 79.9. The standard InChI is InChI=1S/C10H14BrNS2/c1-7-4-12-8(6-13-5-7)9-2-3-10(11)14-9/h2-3,7-8,12H,4-6H2,1H3. The zero-order chi connectivity index (χ0) is 9.97. The van der Waals surface area contributed by atoms with Gasteiger partial charge >= 0.3 is 0 Å². The minimum absolute atomic E-state index is 0.557. The number of halogens is 1. The number of nitrogens with one attached hydrogen (secondary N) is 1. The Kier molecular flexibility index (Phi) is 3.93. The normalized spacial score (nSPS) is 28.7. The molecule has 0 aliphatic carbocycles. The quantitative estimate of drug-likeness (QED) is 0.850. The minimum atomic E-state index is 0.557. The molecule has 0 aromatic carbocycles. The molecule has 1 fully saturated rings. The van der Waals surface area contributed by atoms with E-state index in [2.05, 4.69) is 52.1 Å². The molecule has 2 atom stereocenters. The first-order valence-corrected chi connectivity index (χ1v) is 7.58. The molecule has 1 aliphatic heterocycles. The summed E-state index contributed by atoms with van der Waals surface area (Å²) in [6, 6.07) is 4.92. The van der Waals surface area contributed by atoms with Gasteiger partial charge in [0.1, 0.15) is 0 Å². The monoisotopic (exact) mass is 291 g/mol. The van der Waals surface area contributed by atoms with Crippen LogP contribution in [0.1, 0.15) is 17.8 Å². The van der Waals surface area contributed by atoms with E-state index >= 15 is 0 Å². The third kappa shape index (κ3) is 2.75. The van der Waals surface area contributed by atoms with Crippen molar-refractivity contribution in [3.05, 3.63) is 20.8 Å². The Morgan fingerprint density at radius 1 is 1.43 bits per heavy atom. The van der Waals surface area contributed by atoms with Crippen LogP contribution >= 0.6 is 39.0 Å². The van der Waals surface area contributed by atoms with Crippen LogP contribution < -0.4 is 5.32 Å². The van der Waals surface area contributed by atoms with Crippen molar-refractivity contribution in [1.29, 1.82) is 0 Å². The van der Waals surface area contributed by atoms with Crippen molar-refractivity contribution in [2.75, 3.05) is 18.1 Å². The van der Waals surface area contributed by atoms with E-state index in [4.69, 9.17) is 0 Å². The van der Waals surface area contributed by atoms with E-state index in [1.54, 1.807) is 0 Å². The molecule has 1 aromatic rings. The Labute approximate surface area is 102 Å². The van der Waals surface area contributed by atoms with Gasteiger partial charge in [0.2, 0.25) is 0 Å². The zero-order valence-electron chi connectivity index (χ0n) is 8.13. The maximum Gasteiger partial charge on any atom is 0.0701 e. The Hall–Kier alpha value is 0.490. The summed E-state index contributed by atoms with van der Waals surface area (Å²) in [7, 11) is 0. The number of thiophene rings is 1. The highest BCUT2D eigenvalue weighted by Crippen LogP contribution is 2.31. The number of hydrogen-bond acceptors (Lipinski definition) is 3. The topological polar surface area (TPSA) is 12.0 Å². The summed E-state index contributed by atoms with van der Waals surface area (Å²) < 4.78 is 1.23. The van der Waals surface area contributed by atoms with E-state index < -0.39 is 0 Å². The largest absolute Gasteiger partial charge is 0.308 e. The van der Waals surface area contributed by atoms with Crippen LogP contribution in [0.4, 0.5) is 0 Å².